The Hall–Kier alpha value is -3.12. The number of hydrogen-bond donors (Lipinski definition) is 4. The van der Waals surface area contributed by atoms with Gasteiger partial charge < -0.3 is 20.7 Å². The Morgan fingerprint density at radius 2 is 1.69 bits per heavy atom. The molecule has 6 heteroatoms. The molecular weight excluding hydrogens is 326 g/mol. The first-order chi connectivity index (χ1) is 12.8. The van der Waals surface area contributed by atoms with E-state index in [0.29, 0.717) is 12.5 Å². The number of benzene rings is 2. The summed E-state index contributed by atoms with van der Waals surface area (Å²) >= 11 is 0. The van der Waals surface area contributed by atoms with E-state index in [2.05, 4.69) is 50.0 Å². The zero-order chi connectivity index (χ0) is 17.8. The maximum absolute atomic E-state index is 9.08. The van der Waals surface area contributed by atoms with Crippen molar-refractivity contribution >= 4 is 33.6 Å². The van der Waals surface area contributed by atoms with Crippen LogP contribution in [-0.2, 0) is 6.42 Å². The number of hydrogen-bond acceptors (Lipinski definition) is 5. The number of aromatic nitrogens is 3. The van der Waals surface area contributed by atoms with Crippen LogP contribution in [0.25, 0.3) is 21.8 Å². The summed E-state index contributed by atoms with van der Waals surface area (Å²) in [7, 11) is 0. The third-order valence-electron chi connectivity index (χ3n) is 4.36. The molecule has 0 spiro atoms. The van der Waals surface area contributed by atoms with E-state index in [1.807, 2.05) is 30.3 Å². The molecule has 0 aliphatic rings. The van der Waals surface area contributed by atoms with Crippen LogP contribution < -0.4 is 10.6 Å². The second kappa shape index (κ2) is 7.41. The number of anilines is 2. The average molecular weight is 347 g/mol. The van der Waals surface area contributed by atoms with Gasteiger partial charge in [0.15, 0.2) is 0 Å². The highest BCUT2D eigenvalue weighted by atomic mass is 16.3. The second-order valence-corrected chi connectivity index (χ2v) is 6.10. The van der Waals surface area contributed by atoms with Crippen molar-refractivity contribution in [3.63, 3.8) is 0 Å². The summed E-state index contributed by atoms with van der Waals surface area (Å²) in [4.78, 5) is 12.5. The fourth-order valence-electron chi connectivity index (χ4n) is 3.11. The van der Waals surface area contributed by atoms with Gasteiger partial charge in [-0.3, -0.25) is 0 Å². The molecule has 0 amide bonds. The van der Waals surface area contributed by atoms with Gasteiger partial charge in [-0.25, -0.2) is 4.98 Å². The Labute approximate surface area is 151 Å². The molecule has 132 valence electrons. The quantitative estimate of drug-likeness (QED) is 0.413. The lowest BCUT2D eigenvalue weighted by Gasteiger charge is -2.11. The predicted molar refractivity (Wildman–Crippen MR) is 106 cm³/mol. The zero-order valence-electron chi connectivity index (χ0n) is 14.4. The molecule has 6 nitrogen and oxygen atoms in total. The monoisotopic (exact) mass is 347 g/mol. The zero-order valence-corrected chi connectivity index (χ0v) is 14.4. The number of nitrogens with zero attached hydrogens (tertiary/aromatic N) is 2. The van der Waals surface area contributed by atoms with Gasteiger partial charge in [0.05, 0.1) is 12.1 Å². The molecule has 0 aliphatic carbocycles. The summed E-state index contributed by atoms with van der Waals surface area (Å²) in [5, 5.41) is 17.8. The van der Waals surface area contributed by atoms with E-state index in [1.165, 1.54) is 10.9 Å². The van der Waals surface area contributed by atoms with E-state index in [0.717, 1.165) is 35.2 Å². The van der Waals surface area contributed by atoms with Gasteiger partial charge in [-0.05, 0) is 30.2 Å². The van der Waals surface area contributed by atoms with Gasteiger partial charge in [-0.15, -0.1) is 0 Å². The maximum Gasteiger partial charge on any atom is 0.225 e. The van der Waals surface area contributed by atoms with Crippen LogP contribution in [0.4, 0.5) is 11.8 Å². The lowest BCUT2D eigenvalue weighted by molar-refractivity contribution is 0.311. The van der Waals surface area contributed by atoms with Crippen LogP contribution in [0.2, 0.25) is 0 Å². The number of rotatable bonds is 7. The topological polar surface area (TPSA) is 85.9 Å². The smallest absolute Gasteiger partial charge is 0.225 e. The highest BCUT2D eigenvalue weighted by Gasteiger charge is 2.08. The minimum atomic E-state index is 0.0572. The molecule has 0 aliphatic heterocycles. The summed E-state index contributed by atoms with van der Waals surface area (Å²) in [6, 6.07) is 16.2. The van der Waals surface area contributed by atoms with Crippen LogP contribution in [-0.4, -0.2) is 39.8 Å². The predicted octanol–water partition coefficient (Wildman–Crippen LogP) is 3.17. The first-order valence-corrected chi connectivity index (χ1v) is 8.75. The Bertz CT molecular complexity index is 1030. The third-order valence-corrected chi connectivity index (χ3v) is 4.36. The average Bonchev–Trinajstić information content (AvgIpc) is 3.09. The lowest BCUT2D eigenvalue weighted by atomic mass is 10.1. The first-order valence-electron chi connectivity index (χ1n) is 8.75. The number of nitrogens with one attached hydrogen (secondary N) is 3. The van der Waals surface area contributed by atoms with Gasteiger partial charge >= 0.3 is 0 Å². The highest BCUT2D eigenvalue weighted by molar-refractivity contribution is 5.90. The van der Waals surface area contributed by atoms with Crippen LogP contribution in [0, 0.1) is 0 Å². The van der Waals surface area contributed by atoms with Crippen molar-refractivity contribution in [3.05, 3.63) is 60.3 Å². The number of fused-ring (bicyclic) bond motifs is 2. The number of aromatic amines is 1. The summed E-state index contributed by atoms with van der Waals surface area (Å²) in [6.45, 7) is 1.25. The van der Waals surface area contributed by atoms with Gasteiger partial charge in [0.1, 0.15) is 5.82 Å². The summed E-state index contributed by atoms with van der Waals surface area (Å²) in [5.41, 5.74) is 3.30. The molecule has 4 aromatic rings. The minimum absolute atomic E-state index is 0.0572. The Balaban J connectivity index is 1.51. The number of aliphatic hydroxyl groups is 1. The van der Waals surface area contributed by atoms with Gasteiger partial charge in [0.2, 0.25) is 5.95 Å². The van der Waals surface area contributed by atoms with E-state index in [-0.39, 0.29) is 6.61 Å². The molecule has 0 saturated heterocycles. The maximum atomic E-state index is 9.08. The summed E-state index contributed by atoms with van der Waals surface area (Å²) in [6.07, 6.45) is 2.93. The molecule has 4 N–H and O–H groups in total. The van der Waals surface area contributed by atoms with E-state index in [4.69, 9.17) is 5.11 Å². The fraction of sp³-hybridized carbons (Fsp3) is 0.200. The van der Waals surface area contributed by atoms with Crippen molar-refractivity contribution in [1.82, 2.24) is 15.0 Å². The molecule has 2 aromatic carbocycles. The van der Waals surface area contributed by atoms with Crippen LogP contribution in [0.1, 0.15) is 5.56 Å². The van der Waals surface area contributed by atoms with Crippen LogP contribution in [0.3, 0.4) is 0 Å². The molecule has 0 saturated carbocycles. The van der Waals surface area contributed by atoms with Gasteiger partial charge in [0, 0.05) is 35.6 Å². The van der Waals surface area contributed by atoms with E-state index >= 15 is 0 Å². The van der Waals surface area contributed by atoms with E-state index in [1.54, 1.807) is 0 Å². The molecule has 2 heterocycles. The second-order valence-electron chi connectivity index (χ2n) is 6.10. The highest BCUT2D eigenvalue weighted by Crippen LogP contribution is 2.22. The molecular formula is C20H21N5O. The normalized spacial score (nSPS) is 11.1. The number of para-hydroxylation sites is 2. The molecule has 0 unspecified atom stereocenters. The van der Waals surface area contributed by atoms with Crippen LogP contribution in [0.15, 0.2) is 54.7 Å². The molecule has 4 rings (SSSR count). The molecule has 0 bridgehead atoms. The van der Waals surface area contributed by atoms with Crippen molar-refractivity contribution in [3.8, 4) is 0 Å². The SMILES string of the molecule is OCCNc1nc(NCCc2c[nH]c3ccccc23)nc2ccccc12. The molecule has 0 atom stereocenters. The standard InChI is InChI=1S/C20H21N5O/c26-12-11-21-19-16-6-2-4-8-18(16)24-20(25-19)22-10-9-14-13-23-17-7-3-1-5-15(14)17/h1-8,13,23,26H,9-12H2,(H2,21,22,24,25). The Kier molecular flexibility index (Phi) is 4.66. The molecule has 2 aromatic heterocycles. The summed E-state index contributed by atoms with van der Waals surface area (Å²) in [5.74, 6) is 1.32. The molecule has 26 heavy (non-hydrogen) atoms. The van der Waals surface area contributed by atoms with Gasteiger partial charge in [-0.2, -0.15) is 4.98 Å². The first kappa shape index (κ1) is 16.4. The van der Waals surface area contributed by atoms with Gasteiger partial charge in [-0.1, -0.05) is 30.3 Å². The Morgan fingerprint density at radius 3 is 2.58 bits per heavy atom. The molecule has 0 fully saturated rings. The van der Waals surface area contributed by atoms with E-state index < -0.39 is 0 Å². The fourth-order valence-corrected chi connectivity index (χ4v) is 3.11. The Morgan fingerprint density at radius 1 is 0.885 bits per heavy atom. The third kappa shape index (κ3) is 3.32. The minimum Gasteiger partial charge on any atom is -0.395 e. The lowest BCUT2D eigenvalue weighted by Crippen LogP contribution is -2.12. The van der Waals surface area contributed by atoms with Crippen LogP contribution >= 0.6 is 0 Å². The van der Waals surface area contributed by atoms with Crippen LogP contribution in [0.5, 0.6) is 0 Å². The van der Waals surface area contributed by atoms with Gasteiger partial charge in [0.25, 0.3) is 0 Å². The number of aliphatic hydroxyl groups excluding tert-OH is 1. The number of H-pyrrole nitrogens is 1. The van der Waals surface area contributed by atoms with Crippen molar-refractivity contribution in [2.45, 2.75) is 6.42 Å². The van der Waals surface area contributed by atoms with E-state index in [9.17, 15) is 0 Å². The largest absolute Gasteiger partial charge is 0.395 e. The van der Waals surface area contributed by atoms with Crippen molar-refractivity contribution in [2.75, 3.05) is 30.3 Å². The van der Waals surface area contributed by atoms with Crippen molar-refractivity contribution in [1.29, 1.82) is 0 Å². The summed E-state index contributed by atoms with van der Waals surface area (Å²) < 4.78 is 0. The van der Waals surface area contributed by atoms with Crippen molar-refractivity contribution < 1.29 is 5.11 Å². The molecule has 0 radical (unpaired) electrons. The van der Waals surface area contributed by atoms with Crippen molar-refractivity contribution in [2.24, 2.45) is 0 Å².